The lowest BCUT2D eigenvalue weighted by atomic mass is 9.76. The van der Waals surface area contributed by atoms with Crippen molar-refractivity contribution in [3.63, 3.8) is 0 Å². The number of carbonyl (C=O) groups is 7. The monoisotopic (exact) mass is 1490 g/mol. The molecule has 5 atom stereocenters. The summed E-state index contributed by atoms with van der Waals surface area (Å²) in [5.74, 6) is 4.73. The summed E-state index contributed by atoms with van der Waals surface area (Å²) in [7, 11) is 7.76. The molecule has 5 N–H and O–H groups in total. The zero-order valence-corrected chi connectivity index (χ0v) is 64.2. The van der Waals surface area contributed by atoms with Gasteiger partial charge in [-0.3, -0.25) is 24.0 Å². The van der Waals surface area contributed by atoms with Crippen LogP contribution >= 0.6 is 78.0 Å². The van der Waals surface area contributed by atoms with E-state index in [4.69, 9.17) is 54.1 Å². The third-order valence-corrected chi connectivity index (χ3v) is 26.0. The molecule has 0 aromatic heterocycles. The minimum Gasteiger partial charge on any atom is -0.481 e. The molecule has 5 aliphatic rings. The van der Waals surface area contributed by atoms with Crippen molar-refractivity contribution in [2.24, 2.45) is 53.3 Å². The Morgan fingerprint density at radius 3 is 1.15 bits per heavy atom. The fourth-order valence-electron chi connectivity index (χ4n) is 13.3. The van der Waals surface area contributed by atoms with Crippen molar-refractivity contribution in [2.45, 2.75) is 234 Å². The summed E-state index contributed by atoms with van der Waals surface area (Å²) in [5, 5.41) is 28.6. The number of amides is 3. The molecule has 15 nitrogen and oxygen atoms in total. The van der Waals surface area contributed by atoms with Gasteiger partial charge >= 0.3 is 24.1 Å². The number of carboxylic acids is 1. The van der Waals surface area contributed by atoms with Crippen molar-refractivity contribution in [2.75, 3.05) is 31.3 Å². The second-order valence-electron chi connectivity index (χ2n) is 28.1. The van der Waals surface area contributed by atoms with Crippen LogP contribution in [0, 0.1) is 53.3 Å². The molecule has 22 heteroatoms. The first-order valence-corrected chi connectivity index (χ1v) is 41.9. The number of esters is 2. The van der Waals surface area contributed by atoms with Crippen molar-refractivity contribution in [3.8, 4) is 0 Å². The molecule has 3 aliphatic carbocycles. The Bertz CT molecular complexity index is 2760. The Hall–Kier alpha value is -3.82. The number of unbranched alkanes of at least 4 members (excludes halogenated alkanes) is 2. The van der Waals surface area contributed by atoms with Crippen LogP contribution in [0.25, 0.3) is 0 Å². The van der Waals surface area contributed by atoms with Gasteiger partial charge in [-0.2, -0.15) is 0 Å². The standard InChI is InChI=1S/C28H41NO5S2.C21H28Cl3NO3.C19H29NO2.C8H14O2S2/c1-20(2)22-12-14-23(15-13-22)27(31)29-24(18-21-8-4-3-5-9-21)19-33-28(32)34-26(30)11-7-6-10-25-16-17-35-36-25;1-14(2)16-8-10-17(11-9-16)19(26)25-18(12-15-6-4-3-5-7-15)13-28-20(27)21(22,23)24;1-14(2)16-8-10-17(11-9-16)19(22)20-18(13-21)12-15-6-4-3-5-7-15;9-8(10)4-2-1-3-7-5-6-11-12-7/h3-5,8-9,20,22-25H,6-7,10-19H2,1-2H3,(H,29,31);3-7,14,16-18H,8-13H2,1-2H3,(H,25,26);3-7,14,16-18,21H,8-13H2,1-2H3,(H,20,22);7H,1-6H2,(H,9,10)/t22?,23?,24-,25-;2*16?,17?,18-;7-/m1111/s1. The number of aliphatic hydroxyl groups excluding tert-OH is 1. The second kappa shape index (κ2) is 47.4. The molecule has 0 radical (unpaired) electrons. The summed E-state index contributed by atoms with van der Waals surface area (Å²) in [4.78, 5) is 84.4. The zero-order chi connectivity index (χ0) is 71.2. The maximum absolute atomic E-state index is 13.0. The average molecular weight is 1490 g/mol. The van der Waals surface area contributed by atoms with Gasteiger partial charge in [0.1, 0.15) is 13.2 Å². The predicted molar refractivity (Wildman–Crippen MR) is 404 cm³/mol. The fourth-order valence-corrected chi connectivity index (χ4v) is 19.5. The number of hydrogen-bond acceptors (Lipinski definition) is 15. The van der Waals surface area contributed by atoms with Gasteiger partial charge in [-0.05, 0) is 187 Å². The van der Waals surface area contributed by atoms with Gasteiger partial charge in [0, 0.05) is 52.6 Å². The number of aliphatic carboxylic acids is 1. The molecule has 3 amide bonds. The van der Waals surface area contributed by atoms with Crippen LogP contribution in [0.4, 0.5) is 4.79 Å². The zero-order valence-electron chi connectivity index (χ0n) is 58.7. The van der Waals surface area contributed by atoms with Gasteiger partial charge in [0.05, 0.1) is 24.7 Å². The second-order valence-corrected chi connectivity index (χ2v) is 36.0. The highest BCUT2D eigenvalue weighted by atomic mass is 35.6. The molecule has 2 saturated heterocycles. The smallest absolute Gasteiger partial charge is 0.481 e. The van der Waals surface area contributed by atoms with Crippen molar-refractivity contribution in [3.05, 3.63) is 108 Å². The average Bonchev–Trinajstić information content (AvgIpc) is 0.927. The predicted octanol–water partition coefficient (Wildman–Crippen LogP) is 17.6. The maximum atomic E-state index is 13.0. The van der Waals surface area contributed by atoms with E-state index in [1.807, 2.05) is 134 Å². The first-order valence-electron chi connectivity index (χ1n) is 36.0. The van der Waals surface area contributed by atoms with Crippen LogP contribution in [0.2, 0.25) is 0 Å². The highest BCUT2D eigenvalue weighted by Crippen LogP contribution is 2.41. The van der Waals surface area contributed by atoms with Gasteiger partial charge in [-0.15, -0.1) is 0 Å². The van der Waals surface area contributed by atoms with Gasteiger partial charge in [0.15, 0.2) is 0 Å². The number of rotatable bonds is 30. The number of carboxylic acid groups (broad SMARTS) is 1. The Morgan fingerprint density at radius 2 is 0.827 bits per heavy atom. The van der Waals surface area contributed by atoms with Crippen molar-refractivity contribution < 1.29 is 58.0 Å². The number of ether oxygens (including phenoxy) is 3. The molecule has 8 rings (SSSR count). The minimum absolute atomic E-state index is 0.00264. The lowest BCUT2D eigenvalue weighted by molar-refractivity contribution is -0.144. The molecular formula is C76H112Cl3N3O12S4. The topological polar surface area (TPSA) is 224 Å². The van der Waals surface area contributed by atoms with E-state index in [1.54, 1.807) is 0 Å². The molecule has 98 heavy (non-hydrogen) atoms. The number of halogens is 3. The molecule has 548 valence electrons. The highest BCUT2D eigenvalue weighted by molar-refractivity contribution is 8.77. The number of nitrogens with one attached hydrogen (secondary N) is 3. The van der Waals surface area contributed by atoms with Crippen LogP contribution in [-0.4, -0.2) is 116 Å². The Kier molecular flexibility index (Phi) is 41.1. The molecule has 0 spiro atoms. The van der Waals surface area contributed by atoms with Crippen LogP contribution in [0.5, 0.6) is 0 Å². The summed E-state index contributed by atoms with van der Waals surface area (Å²) in [6.45, 7) is 13.4. The molecule has 2 heterocycles. The summed E-state index contributed by atoms with van der Waals surface area (Å²) in [6.07, 6.45) is 21.8. The number of aliphatic hydroxyl groups is 1. The largest absolute Gasteiger partial charge is 0.516 e. The van der Waals surface area contributed by atoms with E-state index in [2.05, 4.69) is 57.5 Å². The third kappa shape index (κ3) is 34.9. The summed E-state index contributed by atoms with van der Waals surface area (Å²) >= 11 is 16.7. The normalized spacial score (nSPS) is 22.4. The number of carbonyl (C=O) groups excluding carboxylic acids is 6. The Morgan fingerprint density at radius 1 is 0.480 bits per heavy atom. The molecule has 3 aromatic carbocycles. The number of benzene rings is 3. The van der Waals surface area contributed by atoms with Gasteiger partial charge in [0.2, 0.25) is 17.7 Å². The van der Waals surface area contributed by atoms with Crippen LogP contribution in [0.1, 0.15) is 199 Å². The van der Waals surface area contributed by atoms with E-state index in [-0.39, 0.29) is 79.8 Å². The van der Waals surface area contributed by atoms with Gasteiger partial charge in [0.25, 0.3) is 3.79 Å². The molecule has 5 fully saturated rings. The van der Waals surface area contributed by atoms with E-state index in [1.165, 1.54) is 30.8 Å². The van der Waals surface area contributed by atoms with E-state index >= 15 is 0 Å². The Labute approximate surface area is 616 Å². The molecular weight excluding hydrogens is 1380 g/mol. The minimum atomic E-state index is -2.13. The van der Waals surface area contributed by atoms with Crippen molar-refractivity contribution in [1.29, 1.82) is 0 Å². The van der Waals surface area contributed by atoms with Gasteiger partial charge in [-0.25, -0.2) is 9.59 Å². The summed E-state index contributed by atoms with van der Waals surface area (Å²) in [6, 6.07) is 28.6. The molecule has 2 aliphatic heterocycles. The van der Waals surface area contributed by atoms with Crippen LogP contribution in [0.15, 0.2) is 91.0 Å². The first-order chi connectivity index (χ1) is 46.9. The van der Waals surface area contributed by atoms with Crippen molar-refractivity contribution in [1.82, 2.24) is 16.0 Å². The van der Waals surface area contributed by atoms with E-state index in [0.29, 0.717) is 66.9 Å². The van der Waals surface area contributed by atoms with Crippen LogP contribution in [-0.2, 0) is 62.2 Å². The maximum Gasteiger partial charge on any atom is 0.516 e. The van der Waals surface area contributed by atoms with Crippen LogP contribution < -0.4 is 16.0 Å². The quantitative estimate of drug-likeness (QED) is 0.0138. The number of alkyl halides is 3. The van der Waals surface area contributed by atoms with E-state index in [0.717, 1.165) is 131 Å². The van der Waals surface area contributed by atoms with Crippen LogP contribution in [0.3, 0.4) is 0 Å². The molecule has 0 bridgehead atoms. The van der Waals surface area contributed by atoms with Gasteiger partial charge in [-0.1, -0.05) is 223 Å². The SMILES string of the molecule is CC(C)C1CCC(C(=O)N[C@@H](CO)Cc2ccccc2)CC1.CC(C)C1CCC(C(=O)N[C@@H](COC(=O)C(Cl)(Cl)Cl)Cc2ccccc2)CC1.CC(C)C1CCC(C(=O)N[C@@H](COC(=O)OC(=O)CCCC[C@@H]2CCSS2)Cc2ccccc2)CC1.O=C(O)CCCC[C@@H]1CCSS1. The highest BCUT2D eigenvalue weighted by Gasteiger charge is 2.35. The molecule has 3 aromatic rings. The lowest BCUT2D eigenvalue weighted by Crippen LogP contribution is -2.44. The molecule has 0 unspecified atom stereocenters. The first kappa shape index (κ1) is 84.8. The van der Waals surface area contributed by atoms with Gasteiger partial charge < -0.3 is 40.4 Å². The summed E-state index contributed by atoms with van der Waals surface area (Å²) in [5.41, 5.74) is 3.21. The van der Waals surface area contributed by atoms with Crippen molar-refractivity contribution >= 4 is 120 Å². The van der Waals surface area contributed by atoms with E-state index < -0.39 is 27.9 Å². The number of hydrogen-bond donors (Lipinski definition) is 5. The third-order valence-electron chi connectivity index (χ3n) is 19.5. The Balaban J connectivity index is 0.000000250. The fraction of sp³-hybridized carbons (Fsp3) is 0.671. The lowest BCUT2D eigenvalue weighted by Gasteiger charge is -2.31. The summed E-state index contributed by atoms with van der Waals surface area (Å²) < 4.78 is 13.1. The molecule has 3 saturated carbocycles. The van der Waals surface area contributed by atoms with E-state index in [9.17, 15) is 38.7 Å².